The predicted octanol–water partition coefficient (Wildman–Crippen LogP) is 2.09. The summed E-state index contributed by atoms with van der Waals surface area (Å²) in [5, 5.41) is 0. The van der Waals surface area contributed by atoms with Gasteiger partial charge in [-0.1, -0.05) is 6.07 Å². The van der Waals surface area contributed by atoms with E-state index in [2.05, 4.69) is 0 Å². The quantitative estimate of drug-likeness (QED) is 0.933. The average Bonchev–Trinajstić information content (AvgIpc) is 2.46. The van der Waals surface area contributed by atoms with Gasteiger partial charge < -0.3 is 4.74 Å². The molecular formula is C14H11F2NO4S. The smallest absolute Gasteiger partial charge is 0.267 e. The number of sulfonamides is 1. The molecule has 5 nitrogen and oxygen atoms in total. The van der Waals surface area contributed by atoms with Crippen molar-refractivity contribution in [2.45, 2.75) is 4.90 Å². The van der Waals surface area contributed by atoms with Crippen molar-refractivity contribution in [2.75, 3.05) is 7.11 Å². The molecule has 0 aliphatic carbocycles. The number of carbonyl (C=O) groups excluding carboxylic acids is 1. The van der Waals surface area contributed by atoms with Gasteiger partial charge in [-0.3, -0.25) is 4.79 Å². The van der Waals surface area contributed by atoms with Crippen LogP contribution in [0.4, 0.5) is 8.78 Å². The van der Waals surface area contributed by atoms with Gasteiger partial charge >= 0.3 is 0 Å². The van der Waals surface area contributed by atoms with E-state index in [4.69, 9.17) is 4.74 Å². The summed E-state index contributed by atoms with van der Waals surface area (Å²) in [4.78, 5) is 11.6. The van der Waals surface area contributed by atoms with Gasteiger partial charge in [-0.25, -0.2) is 21.9 Å². The van der Waals surface area contributed by atoms with Crippen LogP contribution in [0.1, 0.15) is 10.4 Å². The molecular weight excluding hydrogens is 316 g/mol. The molecule has 116 valence electrons. The van der Waals surface area contributed by atoms with Gasteiger partial charge in [0.2, 0.25) is 0 Å². The van der Waals surface area contributed by atoms with Crippen molar-refractivity contribution in [1.29, 1.82) is 0 Å². The predicted molar refractivity (Wildman–Crippen MR) is 74.0 cm³/mol. The molecule has 0 saturated carbocycles. The molecule has 2 aromatic carbocycles. The summed E-state index contributed by atoms with van der Waals surface area (Å²) in [7, 11) is -2.85. The van der Waals surface area contributed by atoms with E-state index in [0.29, 0.717) is 6.07 Å². The summed E-state index contributed by atoms with van der Waals surface area (Å²) in [6, 6.07) is 7.62. The third kappa shape index (κ3) is 3.40. The van der Waals surface area contributed by atoms with Crippen LogP contribution in [0.3, 0.4) is 0 Å². The van der Waals surface area contributed by atoms with Crippen LogP contribution in [-0.2, 0) is 10.0 Å². The zero-order valence-corrected chi connectivity index (χ0v) is 12.2. The van der Waals surface area contributed by atoms with Crippen molar-refractivity contribution >= 4 is 15.9 Å². The van der Waals surface area contributed by atoms with Crippen molar-refractivity contribution in [3.8, 4) is 5.75 Å². The fourth-order valence-corrected chi connectivity index (χ4v) is 2.68. The maximum atomic E-state index is 13.5. The molecule has 0 radical (unpaired) electrons. The molecule has 22 heavy (non-hydrogen) atoms. The van der Waals surface area contributed by atoms with Crippen LogP contribution < -0.4 is 9.46 Å². The second-order valence-corrected chi connectivity index (χ2v) is 5.92. The summed E-state index contributed by atoms with van der Waals surface area (Å²) in [5.74, 6) is -2.94. The highest BCUT2D eigenvalue weighted by Crippen LogP contribution is 2.17. The van der Waals surface area contributed by atoms with Crippen LogP contribution in [0.25, 0.3) is 0 Å². The first-order valence-electron chi connectivity index (χ1n) is 6.00. The van der Waals surface area contributed by atoms with Crippen molar-refractivity contribution in [3.05, 3.63) is 59.7 Å². The van der Waals surface area contributed by atoms with E-state index in [0.717, 1.165) is 12.1 Å². The maximum absolute atomic E-state index is 13.5. The topological polar surface area (TPSA) is 72.5 Å². The zero-order valence-electron chi connectivity index (χ0n) is 11.3. The lowest BCUT2D eigenvalue weighted by molar-refractivity contribution is 0.0977. The first-order valence-corrected chi connectivity index (χ1v) is 7.48. The Morgan fingerprint density at radius 2 is 1.86 bits per heavy atom. The van der Waals surface area contributed by atoms with Crippen LogP contribution in [0, 0.1) is 11.6 Å². The largest absolute Gasteiger partial charge is 0.497 e. The minimum Gasteiger partial charge on any atom is -0.497 e. The normalized spacial score (nSPS) is 11.0. The van der Waals surface area contributed by atoms with Gasteiger partial charge in [0, 0.05) is 12.1 Å². The molecule has 1 N–H and O–H groups in total. The van der Waals surface area contributed by atoms with Crippen LogP contribution >= 0.6 is 0 Å². The summed E-state index contributed by atoms with van der Waals surface area (Å²) in [6.07, 6.45) is 0. The van der Waals surface area contributed by atoms with E-state index in [1.165, 1.54) is 31.4 Å². The van der Waals surface area contributed by atoms with Crippen LogP contribution in [-0.4, -0.2) is 21.4 Å². The minimum absolute atomic E-state index is 0.220. The average molecular weight is 327 g/mol. The van der Waals surface area contributed by atoms with Gasteiger partial charge in [0.05, 0.1) is 17.6 Å². The lowest BCUT2D eigenvalue weighted by Crippen LogP contribution is -2.31. The van der Waals surface area contributed by atoms with Crippen molar-refractivity contribution in [3.63, 3.8) is 0 Å². The van der Waals surface area contributed by atoms with E-state index in [-0.39, 0.29) is 10.6 Å². The van der Waals surface area contributed by atoms with E-state index in [9.17, 15) is 22.0 Å². The summed E-state index contributed by atoms with van der Waals surface area (Å²) in [6.45, 7) is 0. The zero-order chi connectivity index (χ0) is 16.3. The number of benzene rings is 2. The maximum Gasteiger partial charge on any atom is 0.267 e. The highest BCUT2D eigenvalue weighted by atomic mass is 32.2. The second kappa shape index (κ2) is 6.10. The van der Waals surface area contributed by atoms with Gasteiger partial charge in [-0.15, -0.1) is 0 Å². The Labute approximate surface area is 125 Å². The Hall–Kier alpha value is -2.48. The molecule has 2 aromatic rings. The van der Waals surface area contributed by atoms with Gasteiger partial charge in [0.15, 0.2) is 0 Å². The van der Waals surface area contributed by atoms with Crippen LogP contribution in [0.15, 0.2) is 47.4 Å². The summed E-state index contributed by atoms with van der Waals surface area (Å²) < 4.78 is 57.0. The number of ether oxygens (including phenoxy) is 1. The number of methoxy groups -OCH3 is 1. The van der Waals surface area contributed by atoms with Crippen molar-refractivity contribution < 1.29 is 26.7 Å². The molecule has 0 atom stereocenters. The van der Waals surface area contributed by atoms with Crippen LogP contribution in [0.2, 0.25) is 0 Å². The molecule has 0 unspecified atom stereocenters. The molecule has 0 heterocycles. The van der Waals surface area contributed by atoms with Gasteiger partial charge in [-0.2, -0.15) is 0 Å². The fraction of sp³-hybridized carbons (Fsp3) is 0.0714. The molecule has 0 aromatic heterocycles. The molecule has 0 saturated heterocycles. The van der Waals surface area contributed by atoms with E-state index in [1.54, 1.807) is 4.72 Å². The number of hydrogen-bond donors (Lipinski definition) is 1. The lowest BCUT2D eigenvalue weighted by Gasteiger charge is -2.08. The first kappa shape index (κ1) is 15.9. The molecule has 2 rings (SSSR count). The Bertz CT molecular complexity index is 821. The third-order valence-electron chi connectivity index (χ3n) is 2.75. The lowest BCUT2D eigenvalue weighted by atomic mass is 10.2. The highest BCUT2D eigenvalue weighted by Gasteiger charge is 2.21. The molecule has 1 amide bonds. The van der Waals surface area contributed by atoms with Crippen molar-refractivity contribution in [1.82, 2.24) is 4.72 Å². The number of amides is 1. The molecule has 0 aliphatic heterocycles. The third-order valence-corrected chi connectivity index (χ3v) is 4.08. The molecule has 0 aliphatic rings. The van der Waals surface area contributed by atoms with E-state index >= 15 is 0 Å². The van der Waals surface area contributed by atoms with E-state index in [1.807, 2.05) is 0 Å². The standard InChI is InChI=1S/C14H11F2NO4S/c1-21-10-3-2-4-11(8-10)22(19,20)17-14(18)12-6-5-9(15)7-13(12)16/h2-8H,1H3,(H,17,18). The first-order chi connectivity index (χ1) is 10.3. The molecule has 0 bridgehead atoms. The Kier molecular flexibility index (Phi) is 4.41. The molecule has 0 spiro atoms. The monoisotopic (exact) mass is 327 g/mol. The van der Waals surface area contributed by atoms with E-state index < -0.39 is 33.1 Å². The number of carbonyl (C=O) groups is 1. The molecule has 0 fully saturated rings. The summed E-state index contributed by atoms with van der Waals surface area (Å²) >= 11 is 0. The number of hydrogen-bond acceptors (Lipinski definition) is 4. The van der Waals surface area contributed by atoms with Crippen LogP contribution in [0.5, 0.6) is 5.75 Å². The minimum atomic E-state index is -4.21. The number of halogens is 2. The SMILES string of the molecule is COc1cccc(S(=O)(=O)NC(=O)c2ccc(F)cc2F)c1. The Morgan fingerprint density at radius 1 is 1.14 bits per heavy atom. The Morgan fingerprint density at radius 3 is 2.50 bits per heavy atom. The fourth-order valence-electron chi connectivity index (χ4n) is 1.68. The Balaban J connectivity index is 2.29. The summed E-state index contributed by atoms with van der Waals surface area (Å²) in [5.41, 5.74) is -0.576. The molecule has 8 heteroatoms. The van der Waals surface area contributed by atoms with Crippen molar-refractivity contribution in [2.24, 2.45) is 0 Å². The van der Waals surface area contributed by atoms with Gasteiger partial charge in [0.25, 0.3) is 15.9 Å². The highest BCUT2D eigenvalue weighted by molar-refractivity contribution is 7.90. The second-order valence-electron chi connectivity index (χ2n) is 4.24. The van der Waals surface area contributed by atoms with Gasteiger partial charge in [0.1, 0.15) is 17.4 Å². The number of nitrogens with one attached hydrogen (secondary N) is 1. The number of rotatable bonds is 4. The van der Waals surface area contributed by atoms with Gasteiger partial charge in [-0.05, 0) is 24.3 Å².